The van der Waals surface area contributed by atoms with Crippen molar-refractivity contribution in [1.82, 2.24) is 0 Å². The lowest BCUT2D eigenvalue weighted by Crippen LogP contribution is -2.11. The van der Waals surface area contributed by atoms with Crippen LogP contribution in [0.2, 0.25) is 0 Å². The average Bonchev–Trinajstić information content (AvgIpc) is 3.18. The number of ether oxygens (including phenoxy) is 1. The number of halogens is 4. The summed E-state index contributed by atoms with van der Waals surface area (Å²) in [6.45, 7) is 3.29. The van der Waals surface area contributed by atoms with Crippen molar-refractivity contribution in [3.05, 3.63) is 68.9 Å². The van der Waals surface area contributed by atoms with Gasteiger partial charge in [0.05, 0.1) is 9.31 Å². The Labute approximate surface area is 180 Å². The minimum atomic E-state index is -0.726. The second-order valence-electron chi connectivity index (χ2n) is 7.48. The molecule has 0 aromatic heterocycles. The minimum Gasteiger partial charge on any atom is -0.461 e. The van der Waals surface area contributed by atoms with Crippen LogP contribution in [0.1, 0.15) is 25.0 Å². The molecule has 28 heavy (non-hydrogen) atoms. The van der Waals surface area contributed by atoms with Gasteiger partial charge in [0, 0.05) is 0 Å². The number of carbonyl (C=O) groups excluding carboxylic acids is 1. The molecule has 1 aliphatic rings. The summed E-state index contributed by atoms with van der Waals surface area (Å²) in [4.78, 5) is 12.6. The Balaban J connectivity index is 1.78. The molecule has 2 aromatic carbocycles. The fourth-order valence-electron chi connectivity index (χ4n) is 3.67. The number of benzene rings is 2. The smallest absolute Gasteiger partial charge is 0.310 e. The first-order chi connectivity index (χ1) is 13.3. The second-order valence-corrected chi connectivity index (χ2v) is 10.2. The van der Waals surface area contributed by atoms with Crippen LogP contribution < -0.4 is 0 Å². The molecule has 2 nitrogen and oxygen atoms in total. The third kappa shape index (κ3) is 4.38. The van der Waals surface area contributed by atoms with Gasteiger partial charge in [0.25, 0.3) is 0 Å². The van der Waals surface area contributed by atoms with Gasteiger partial charge in [0.1, 0.15) is 19.1 Å². The molecular weight excluding hydrogens is 494 g/mol. The molecule has 1 fully saturated rings. The normalized spacial score (nSPS) is 19.8. The summed E-state index contributed by atoms with van der Waals surface area (Å²) in [5, 5.41) is 0. The Morgan fingerprint density at radius 2 is 1.93 bits per heavy atom. The van der Waals surface area contributed by atoms with Crippen molar-refractivity contribution in [2.75, 3.05) is 0 Å². The molecule has 0 amide bonds. The van der Waals surface area contributed by atoms with Crippen LogP contribution in [-0.2, 0) is 22.8 Å². The molecule has 148 valence electrons. The van der Waals surface area contributed by atoms with Crippen molar-refractivity contribution in [2.24, 2.45) is 17.3 Å². The van der Waals surface area contributed by atoms with E-state index in [1.807, 2.05) is 19.9 Å². The van der Waals surface area contributed by atoms with Gasteiger partial charge in [-0.1, -0.05) is 50.3 Å². The SMILES string of the molecule is CC1(C)[C@H](C(=O)OCc2cccc(-c3cccc(F)c3)c2CF)[C@@H]1C=C(Br)Br. The van der Waals surface area contributed by atoms with Crippen LogP contribution in [0, 0.1) is 23.1 Å². The molecule has 0 unspecified atom stereocenters. The van der Waals surface area contributed by atoms with Gasteiger partial charge in [-0.25, -0.2) is 8.78 Å². The van der Waals surface area contributed by atoms with Crippen molar-refractivity contribution in [1.29, 1.82) is 0 Å². The van der Waals surface area contributed by atoms with E-state index in [1.54, 1.807) is 30.3 Å². The summed E-state index contributed by atoms with van der Waals surface area (Å²) in [6, 6.07) is 11.3. The first-order valence-corrected chi connectivity index (χ1v) is 10.5. The highest BCUT2D eigenvalue weighted by Gasteiger charge is 2.61. The van der Waals surface area contributed by atoms with Crippen molar-refractivity contribution in [3.63, 3.8) is 0 Å². The molecule has 0 aliphatic heterocycles. The van der Waals surface area contributed by atoms with E-state index in [1.165, 1.54) is 12.1 Å². The topological polar surface area (TPSA) is 26.3 Å². The van der Waals surface area contributed by atoms with Gasteiger partial charge < -0.3 is 4.74 Å². The molecule has 0 spiro atoms. The molecule has 0 bridgehead atoms. The van der Waals surface area contributed by atoms with Gasteiger partial charge in [0.2, 0.25) is 0 Å². The fourth-order valence-corrected chi connectivity index (χ4v) is 4.24. The number of hydrogen-bond acceptors (Lipinski definition) is 2. The maximum absolute atomic E-state index is 13.8. The summed E-state index contributed by atoms with van der Waals surface area (Å²) >= 11 is 6.66. The second kappa shape index (κ2) is 8.46. The van der Waals surface area contributed by atoms with E-state index in [2.05, 4.69) is 31.9 Å². The summed E-state index contributed by atoms with van der Waals surface area (Å²) in [5.41, 5.74) is 2.01. The summed E-state index contributed by atoms with van der Waals surface area (Å²) in [7, 11) is 0. The molecule has 6 heteroatoms. The van der Waals surface area contributed by atoms with Crippen LogP contribution in [0.3, 0.4) is 0 Å². The van der Waals surface area contributed by atoms with Crippen LogP contribution in [0.15, 0.2) is 51.9 Å². The predicted molar refractivity (Wildman–Crippen MR) is 113 cm³/mol. The van der Waals surface area contributed by atoms with Crippen molar-refractivity contribution >= 4 is 37.8 Å². The molecule has 2 atom stereocenters. The highest BCUT2D eigenvalue weighted by atomic mass is 79.9. The van der Waals surface area contributed by atoms with Crippen molar-refractivity contribution in [2.45, 2.75) is 27.1 Å². The minimum absolute atomic E-state index is 0.0141. The van der Waals surface area contributed by atoms with Gasteiger partial charge in [-0.05, 0) is 77.6 Å². The van der Waals surface area contributed by atoms with E-state index < -0.39 is 6.67 Å². The summed E-state index contributed by atoms with van der Waals surface area (Å²) < 4.78 is 33.7. The third-order valence-electron chi connectivity index (χ3n) is 5.38. The molecule has 0 radical (unpaired) electrons. The first kappa shape index (κ1) is 21.2. The zero-order chi connectivity index (χ0) is 20.5. The van der Waals surface area contributed by atoms with E-state index >= 15 is 0 Å². The standard InChI is InChI=1S/C22H20Br2F2O2/c1-22(2)18(10-19(23)24)20(22)21(27)28-12-14-6-4-8-16(17(14)11-25)13-5-3-7-15(26)9-13/h3-10,18,20H,11-12H2,1-2H3/t18-,20-/m0/s1. The van der Waals surface area contributed by atoms with E-state index in [0.717, 1.165) is 3.39 Å². The molecule has 2 aromatic rings. The molecular formula is C22H20Br2F2O2. The predicted octanol–water partition coefficient (Wildman–Crippen LogP) is 6.91. The maximum Gasteiger partial charge on any atom is 0.310 e. The van der Waals surface area contributed by atoms with Crippen molar-refractivity contribution < 1.29 is 18.3 Å². The lowest BCUT2D eigenvalue weighted by atomic mass is 9.96. The first-order valence-electron chi connectivity index (χ1n) is 8.87. The Morgan fingerprint density at radius 3 is 2.57 bits per heavy atom. The van der Waals surface area contributed by atoms with Crippen LogP contribution in [0.4, 0.5) is 8.78 Å². The number of rotatable bonds is 6. The Kier molecular flexibility index (Phi) is 6.40. The van der Waals surface area contributed by atoms with E-state index in [0.29, 0.717) is 22.3 Å². The fraction of sp³-hybridized carbons (Fsp3) is 0.318. The lowest BCUT2D eigenvalue weighted by molar-refractivity contribution is -0.147. The third-order valence-corrected chi connectivity index (χ3v) is 5.91. The quantitative estimate of drug-likeness (QED) is 0.392. The molecule has 1 aliphatic carbocycles. The van der Waals surface area contributed by atoms with Crippen LogP contribution in [-0.4, -0.2) is 5.97 Å². The van der Waals surface area contributed by atoms with Crippen LogP contribution in [0.5, 0.6) is 0 Å². The monoisotopic (exact) mass is 512 g/mol. The van der Waals surface area contributed by atoms with E-state index in [-0.39, 0.29) is 35.6 Å². The average molecular weight is 514 g/mol. The number of esters is 1. The number of hydrogen-bond donors (Lipinski definition) is 0. The number of carbonyl (C=O) groups is 1. The number of allylic oxidation sites excluding steroid dienone is 1. The Morgan fingerprint density at radius 1 is 1.21 bits per heavy atom. The molecule has 1 saturated carbocycles. The Bertz CT molecular complexity index is 921. The van der Waals surface area contributed by atoms with Gasteiger partial charge in [0.15, 0.2) is 0 Å². The van der Waals surface area contributed by atoms with E-state index in [9.17, 15) is 13.6 Å². The van der Waals surface area contributed by atoms with Gasteiger partial charge in [-0.2, -0.15) is 0 Å². The van der Waals surface area contributed by atoms with Gasteiger partial charge in [-0.15, -0.1) is 0 Å². The summed E-state index contributed by atoms with van der Waals surface area (Å²) in [5.74, 6) is -0.841. The molecule has 0 N–H and O–H groups in total. The van der Waals surface area contributed by atoms with Crippen molar-refractivity contribution in [3.8, 4) is 11.1 Å². The van der Waals surface area contributed by atoms with Crippen LogP contribution in [0.25, 0.3) is 11.1 Å². The molecule has 0 saturated heterocycles. The summed E-state index contributed by atoms with van der Waals surface area (Å²) in [6.07, 6.45) is 1.95. The largest absolute Gasteiger partial charge is 0.461 e. The lowest BCUT2D eigenvalue weighted by Gasteiger charge is -2.13. The highest BCUT2D eigenvalue weighted by Crippen LogP contribution is 2.60. The zero-order valence-corrected chi connectivity index (χ0v) is 18.7. The zero-order valence-electron chi connectivity index (χ0n) is 15.5. The van der Waals surface area contributed by atoms with Crippen LogP contribution >= 0.6 is 31.9 Å². The van der Waals surface area contributed by atoms with Gasteiger partial charge in [-0.3, -0.25) is 4.79 Å². The number of alkyl halides is 1. The van der Waals surface area contributed by atoms with E-state index in [4.69, 9.17) is 4.74 Å². The maximum atomic E-state index is 13.8. The van der Waals surface area contributed by atoms with Gasteiger partial charge >= 0.3 is 5.97 Å². The highest BCUT2D eigenvalue weighted by molar-refractivity contribution is 9.28. The molecule has 0 heterocycles. The molecule has 3 rings (SSSR count). The Hall–Kier alpha value is -1.53.